The van der Waals surface area contributed by atoms with E-state index in [0.717, 1.165) is 11.1 Å². The van der Waals surface area contributed by atoms with Crippen molar-refractivity contribution in [2.75, 3.05) is 17.7 Å². The van der Waals surface area contributed by atoms with Crippen LogP contribution < -0.4 is 4.90 Å². The summed E-state index contributed by atoms with van der Waals surface area (Å²) in [5, 5.41) is 0. The zero-order valence-electron chi connectivity index (χ0n) is 18.7. The Balaban J connectivity index is 0.00000324. The van der Waals surface area contributed by atoms with Crippen LogP contribution in [0.3, 0.4) is 0 Å². The van der Waals surface area contributed by atoms with Crippen LogP contribution in [0.1, 0.15) is 10.4 Å². The van der Waals surface area contributed by atoms with Crippen LogP contribution in [0.15, 0.2) is 96.0 Å². The number of aromatic nitrogens is 1. The summed E-state index contributed by atoms with van der Waals surface area (Å²) in [4.78, 5) is 19.7. The van der Waals surface area contributed by atoms with Crippen molar-refractivity contribution in [1.29, 1.82) is 0 Å². The van der Waals surface area contributed by atoms with Gasteiger partial charge in [0, 0.05) is 50.2 Å². The van der Waals surface area contributed by atoms with E-state index >= 15 is 0 Å². The van der Waals surface area contributed by atoms with Crippen molar-refractivity contribution in [1.82, 2.24) is 4.98 Å². The second kappa shape index (κ2) is 11.2. The molecular weight excluding hydrogens is 521 g/mol. The SMILES string of the molecule is [CH2-]CN(C(=O)c1[c-]ccnc1-c1ccccc1)c1ccc(-c2ccccc2S(C)(=O)=O)cc1.[Y]. The van der Waals surface area contributed by atoms with Gasteiger partial charge in [-0.15, -0.1) is 18.7 Å². The fourth-order valence-corrected chi connectivity index (χ4v) is 4.59. The molecule has 0 unspecified atom stereocenters. The molecule has 1 heterocycles. The number of nitrogens with zero attached hydrogens (tertiary/aromatic N) is 2. The van der Waals surface area contributed by atoms with Crippen molar-refractivity contribution in [3.05, 3.63) is 110 Å². The number of sulfone groups is 1. The first kappa shape index (κ1) is 25.9. The predicted octanol–water partition coefficient (Wildman–Crippen LogP) is 5.10. The number of carbonyl (C=O) groups excluding carboxylic acids is 1. The Labute approximate surface area is 225 Å². The van der Waals surface area contributed by atoms with E-state index in [9.17, 15) is 13.2 Å². The second-order valence-electron chi connectivity index (χ2n) is 7.45. The number of benzene rings is 3. The number of rotatable bonds is 6. The standard InChI is InChI=1S/C27H22N2O3S.Y/c1-3-29(27(30)24-13-9-19-28-26(24)21-10-5-4-6-11-21)22-17-15-20(16-18-22)23-12-7-8-14-25(23)33(2,31)32;/h4-12,14-19H,1,3H2,2H3;/q-2;. The van der Waals surface area contributed by atoms with Crippen LogP contribution in [0.4, 0.5) is 5.69 Å². The predicted molar refractivity (Wildman–Crippen MR) is 131 cm³/mol. The summed E-state index contributed by atoms with van der Waals surface area (Å²) in [6.07, 6.45) is 2.81. The summed E-state index contributed by atoms with van der Waals surface area (Å²) in [6.45, 7) is 4.13. The van der Waals surface area contributed by atoms with Gasteiger partial charge in [-0.3, -0.25) is 0 Å². The number of pyridine rings is 1. The molecule has 5 nitrogen and oxygen atoms in total. The molecule has 0 saturated carbocycles. The molecule has 3 aromatic carbocycles. The van der Waals surface area contributed by atoms with Crippen molar-refractivity contribution < 1.29 is 45.9 Å². The molecule has 0 spiro atoms. The molecule has 0 fully saturated rings. The van der Waals surface area contributed by atoms with Gasteiger partial charge in [0.15, 0.2) is 15.7 Å². The van der Waals surface area contributed by atoms with Crippen molar-refractivity contribution in [2.24, 2.45) is 0 Å². The Kier molecular flexibility index (Phi) is 8.53. The third-order valence-electron chi connectivity index (χ3n) is 5.25. The zero-order chi connectivity index (χ0) is 23.4. The minimum atomic E-state index is -3.38. The maximum atomic E-state index is 13.4. The van der Waals surface area contributed by atoms with Gasteiger partial charge < -0.3 is 21.6 Å². The third kappa shape index (κ3) is 5.52. The Bertz CT molecular complexity index is 1390. The van der Waals surface area contributed by atoms with E-state index in [1.807, 2.05) is 30.3 Å². The minimum absolute atomic E-state index is 0. The van der Waals surface area contributed by atoms with Gasteiger partial charge in [0.25, 0.3) is 0 Å². The van der Waals surface area contributed by atoms with Crippen LogP contribution in [0.5, 0.6) is 0 Å². The monoisotopic (exact) mass is 543 g/mol. The average Bonchev–Trinajstić information content (AvgIpc) is 2.85. The number of amides is 1. The van der Waals surface area contributed by atoms with Gasteiger partial charge in [-0.25, -0.2) is 8.42 Å². The Morgan fingerprint density at radius 2 is 1.59 bits per heavy atom. The van der Waals surface area contributed by atoms with Crippen LogP contribution in [0, 0.1) is 13.0 Å². The fourth-order valence-electron chi connectivity index (χ4n) is 3.68. The topological polar surface area (TPSA) is 67.3 Å². The summed E-state index contributed by atoms with van der Waals surface area (Å²) in [5.41, 5.74) is 3.75. The Morgan fingerprint density at radius 1 is 0.941 bits per heavy atom. The molecule has 169 valence electrons. The minimum Gasteiger partial charge on any atom is -0.379 e. The van der Waals surface area contributed by atoms with E-state index in [1.165, 1.54) is 6.26 Å². The van der Waals surface area contributed by atoms with Gasteiger partial charge >= 0.3 is 0 Å². The molecule has 4 rings (SSSR count). The Morgan fingerprint density at radius 3 is 2.24 bits per heavy atom. The van der Waals surface area contributed by atoms with Crippen molar-refractivity contribution in [3.8, 4) is 22.4 Å². The number of hydrogen-bond acceptors (Lipinski definition) is 4. The van der Waals surface area contributed by atoms with E-state index in [4.69, 9.17) is 0 Å². The van der Waals surface area contributed by atoms with Crippen LogP contribution in [0.2, 0.25) is 0 Å². The molecule has 0 aliphatic rings. The summed E-state index contributed by atoms with van der Waals surface area (Å²) in [7, 11) is -3.38. The third-order valence-corrected chi connectivity index (χ3v) is 6.40. The van der Waals surface area contributed by atoms with Crippen molar-refractivity contribution in [2.45, 2.75) is 4.90 Å². The average molecular weight is 543 g/mol. The van der Waals surface area contributed by atoms with E-state index in [-0.39, 0.29) is 50.1 Å². The first-order valence-corrected chi connectivity index (χ1v) is 12.2. The Hall–Kier alpha value is -2.67. The van der Waals surface area contributed by atoms with Gasteiger partial charge in [0.05, 0.1) is 4.90 Å². The van der Waals surface area contributed by atoms with E-state index in [0.29, 0.717) is 22.5 Å². The summed E-state index contributed by atoms with van der Waals surface area (Å²) in [5.74, 6) is -0.263. The normalized spacial score (nSPS) is 10.9. The summed E-state index contributed by atoms with van der Waals surface area (Å²) >= 11 is 0. The quantitative estimate of drug-likeness (QED) is 0.318. The molecule has 0 N–H and O–H groups in total. The number of anilines is 1. The smallest absolute Gasteiger partial charge is 0.176 e. The molecule has 0 bridgehead atoms. The number of hydrogen-bond donors (Lipinski definition) is 0. The van der Waals surface area contributed by atoms with Crippen LogP contribution in [-0.4, -0.2) is 32.1 Å². The van der Waals surface area contributed by atoms with Crippen molar-refractivity contribution in [3.63, 3.8) is 0 Å². The van der Waals surface area contributed by atoms with E-state index in [1.54, 1.807) is 65.7 Å². The molecule has 1 radical (unpaired) electrons. The van der Waals surface area contributed by atoms with Gasteiger partial charge in [0.1, 0.15) is 0 Å². The molecule has 34 heavy (non-hydrogen) atoms. The zero-order valence-corrected chi connectivity index (χ0v) is 22.3. The summed E-state index contributed by atoms with van der Waals surface area (Å²) < 4.78 is 24.3. The molecule has 4 aromatic rings. The van der Waals surface area contributed by atoms with Gasteiger partial charge in [-0.2, -0.15) is 0 Å². The van der Waals surface area contributed by atoms with Crippen molar-refractivity contribution >= 4 is 21.4 Å². The molecule has 0 saturated heterocycles. The molecule has 7 heteroatoms. The first-order valence-electron chi connectivity index (χ1n) is 10.3. The molecule has 0 aliphatic carbocycles. The van der Waals surface area contributed by atoms with Crippen LogP contribution in [-0.2, 0) is 42.5 Å². The van der Waals surface area contributed by atoms with Gasteiger partial charge in [-0.1, -0.05) is 72.4 Å². The second-order valence-corrected chi connectivity index (χ2v) is 9.43. The van der Waals surface area contributed by atoms with E-state index < -0.39 is 9.84 Å². The largest absolute Gasteiger partial charge is 0.379 e. The van der Waals surface area contributed by atoms with Crippen LogP contribution >= 0.6 is 0 Å². The fraction of sp³-hybridized carbons (Fsp3) is 0.0741. The van der Waals surface area contributed by atoms with E-state index in [2.05, 4.69) is 18.0 Å². The first-order chi connectivity index (χ1) is 15.9. The molecule has 1 aromatic heterocycles. The molecular formula is C27H22N2O3SY-2. The maximum Gasteiger partial charge on any atom is 0.176 e. The van der Waals surface area contributed by atoms with Crippen LogP contribution in [0.25, 0.3) is 22.4 Å². The van der Waals surface area contributed by atoms with Gasteiger partial charge in [0.2, 0.25) is 0 Å². The molecule has 0 atom stereocenters. The molecule has 0 aliphatic heterocycles. The van der Waals surface area contributed by atoms with Gasteiger partial charge in [-0.05, 0) is 35.0 Å². The molecule has 1 amide bonds. The number of carbonyl (C=O) groups is 1. The maximum absolute atomic E-state index is 13.4. The summed E-state index contributed by atoms with van der Waals surface area (Å²) in [6, 6.07) is 28.2.